The number of amides is 2. The zero-order chi connectivity index (χ0) is 15.2. The van der Waals surface area contributed by atoms with Gasteiger partial charge in [-0.25, -0.2) is 4.39 Å². The summed E-state index contributed by atoms with van der Waals surface area (Å²) in [6.45, 7) is 0. The fourth-order valence-corrected chi connectivity index (χ4v) is 1.99. The van der Waals surface area contributed by atoms with Crippen LogP contribution in [0.5, 0.6) is 0 Å². The minimum absolute atomic E-state index is 0.150. The number of carbonyl (C=O) groups excluding carboxylic acids is 2. The Balaban J connectivity index is 2.10. The lowest BCUT2D eigenvalue weighted by atomic mass is 10.1. The van der Waals surface area contributed by atoms with Crippen LogP contribution in [-0.4, -0.2) is 11.8 Å². The second-order valence-electron chi connectivity index (χ2n) is 4.58. The standard InChI is InChI=1S/C16H15FN2O2/c17-13-9-5-4-8-12(13)10-14(20)19-15(16(18)21)11-6-2-1-3-7-11/h1-9,15H,10H2,(H2,18,21)(H,19,20). The number of nitrogens with one attached hydrogen (secondary N) is 1. The van der Waals surface area contributed by atoms with Gasteiger partial charge in [0.2, 0.25) is 11.8 Å². The Morgan fingerprint density at radius 1 is 1.05 bits per heavy atom. The van der Waals surface area contributed by atoms with E-state index < -0.39 is 23.7 Å². The van der Waals surface area contributed by atoms with Crippen molar-refractivity contribution in [2.75, 3.05) is 0 Å². The summed E-state index contributed by atoms with van der Waals surface area (Å²) in [7, 11) is 0. The molecule has 21 heavy (non-hydrogen) atoms. The largest absolute Gasteiger partial charge is 0.368 e. The topological polar surface area (TPSA) is 72.2 Å². The molecule has 0 heterocycles. The molecule has 0 aliphatic heterocycles. The molecule has 2 aromatic rings. The fraction of sp³-hybridized carbons (Fsp3) is 0.125. The first kappa shape index (κ1) is 14.7. The predicted molar refractivity (Wildman–Crippen MR) is 76.6 cm³/mol. The van der Waals surface area contributed by atoms with Crippen molar-refractivity contribution in [2.45, 2.75) is 12.5 Å². The van der Waals surface area contributed by atoms with E-state index in [-0.39, 0.29) is 12.0 Å². The molecule has 0 aromatic heterocycles. The molecule has 0 saturated carbocycles. The van der Waals surface area contributed by atoms with Crippen molar-refractivity contribution in [3.8, 4) is 0 Å². The van der Waals surface area contributed by atoms with Crippen LogP contribution < -0.4 is 11.1 Å². The minimum atomic E-state index is -0.925. The SMILES string of the molecule is NC(=O)C(NC(=O)Cc1ccccc1F)c1ccccc1. The van der Waals surface area contributed by atoms with Crippen LogP contribution >= 0.6 is 0 Å². The molecule has 2 amide bonds. The van der Waals surface area contributed by atoms with E-state index in [4.69, 9.17) is 5.73 Å². The molecule has 108 valence electrons. The summed E-state index contributed by atoms with van der Waals surface area (Å²) in [5.74, 6) is -1.58. The highest BCUT2D eigenvalue weighted by Crippen LogP contribution is 2.13. The smallest absolute Gasteiger partial charge is 0.244 e. The molecule has 1 unspecified atom stereocenters. The molecule has 0 radical (unpaired) electrons. The van der Waals surface area contributed by atoms with Crippen LogP contribution in [0, 0.1) is 5.82 Å². The Labute approximate surface area is 121 Å². The van der Waals surface area contributed by atoms with Crippen molar-refractivity contribution in [3.05, 3.63) is 71.5 Å². The lowest BCUT2D eigenvalue weighted by Gasteiger charge is -2.16. The van der Waals surface area contributed by atoms with Gasteiger partial charge in [0.05, 0.1) is 6.42 Å². The molecule has 2 rings (SSSR count). The third kappa shape index (κ3) is 3.89. The monoisotopic (exact) mass is 286 g/mol. The van der Waals surface area contributed by atoms with E-state index in [9.17, 15) is 14.0 Å². The van der Waals surface area contributed by atoms with Crippen molar-refractivity contribution >= 4 is 11.8 Å². The van der Waals surface area contributed by atoms with Gasteiger partial charge in [-0.2, -0.15) is 0 Å². The molecule has 4 nitrogen and oxygen atoms in total. The van der Waals surface area contributed by atoms with Gasteiger partial charge < -0.3 is 11.1 Å². The number of hydrogen-bond acceptors (Lipinski definition) is 2. The maximum atomic E-state index is 13.5. The summed E-state index contributed by atoms with van der Waals surface area (Å²) in [5, 5.41) is 2.53. The second kappa shape index (κ2) is 6.65. The first-order valence-corrected chi connectivity index (χ1v) is 6.45. The quantitative estimate of drug-likeness (QED) is 0.878. The van der Waals surface area contributed by atoms with Gasteiger partial charge in [-0.05, 0) is 17.2 Å². The Bertz CT molecular complexity index is 644. The molecule has 1 atom stereocenters. The highest BCUT2D eigenvalue weighted by atomic mass is 19.1. The molecule has 0 fully saturated rings. The zero-order valence-electron chi connectivity index (χ0n) is 11.3. The number of halogens is 1. The average molecular weight is 286 g/mol. The summed E-state index contributed by atoms with van der Waals surface area (Å²) in [6, 6.07) is 13.7. The molecule has 0 saturated heterocycles. The molecule has 2 aromatic carbocycles. The van der Waals surface area contributed by atoms with Gasteiger partial charge in [-0.15, -0.1) is 0 Å². The second-order valence-corrected chi connectivity index (χ2v) is 4.58. The number of primary amides is 1. The molecular weight excluding hydrogens is 271 g/mol. The third-order valence-electron chi connectivity index (χ3n) is 3.03. The van der Waals surface area contributed by atoms with Crippen molar-refractivity contribution in [2.24, 2.45) is 5.73 Å². The van der Waals surface area contributed by atoms with E-state index in [0.29, 0.717) is 5.56 Å². The minimum Gasteiger partial charge on any atom is -0.368 e. The highest BCUT2D eigenvalue weighted by Gasteiger charge is 2.20. The molecule has 0 aliphatic carbocycles. The number of benzene rings is 2. The van der Waals surface area contributed by atoms with Crippen LogP contribution in [0.1, 0.15) is 17.2 Å². The summed E-state index contributed by atoms with van der Waals surface area (Å²) in [6.07, 6.45) is -0.150. The fourth-order valence-electron chi connectivity index (χ4n) is 1.99. The van der Waals surface area contributed by atoms with Crippen LogP contribution in [0.4, 0.5) is 4.39 Å². The molecule has 0 spiro atoms. The summed E-state index contributed by atoms with van der Waals surface area (Å²) < 4.78 is 13.5. The predicted octanol–water partition coefficient (Wildman–Crippen LogP) is 1.71. The van der Waals surface area contributed by atoms with Crippen LogP contribution in [-0.2, 0) is 16.0 Å². The zero-order valence-corrected chi connectivity index (χ0v) is 11.3. The Hall–Kier alpha value is -2.69. The molecule has 0 bridgehead atoms. The Kier molecular flexibility index (Phi) is 4.66. The Morgan fingerprint density at radius 2 is 1.67 bits per heavy atom. The van der Waals surface area contributed by atoms with Gasteiger partial charge in [0.25, 0.3) is 0 Å². The van der Waals surface area contributed by atoms with Crippen molar-refractivity contribution in [1.29, 1.82) is 0 Å². The average Bonchev–Trinajstić information content (AvgIpc) is 2.48. The van der Waals surface area contributed by atoms with Crippen LogP contribution in [0.15, 0.2) is 54.6 Å². The van der Waals surface area contributed by atoms with E-state index in [2.05, 4.69) is 5.32 Å². The van der Waals surface area contributed by atoms with Crippen molar-refractivity contribution in [3.63, 3.8) is 0 Å². The highest BCUT2D eigenvalue weighted by molar-refractivity contribution is 5.88. The number of carbonyl (C=O) groups is 2. The number of hydrogen-bond donors (Lipinski definition) is 2. The van der Waals surface area contributed by atoms with Gasteiger partial charge >= 0.3 is 0 Å². The lowest BCUT2D eigenvalue weighted by Crippen LogP contribution is -2.38. The number of rotatable bonds is 5. The van der Waals surface area contributed by atoms with Crippen LogP contribution in [0.25, 0.3) is 0 Å². The van der Waals surface area contributed by atoms with E-state index in [1.807, 2.05) is 0 Å². The van der Waals surface area contributed by atoms with Gasteiger partial charge in [-0.3, -0.25) is 9.59 Å². The van der Waals surface area contributed by atoms with Crippen molar-refractivity contribution < 1.29 is 14.0 Å². The summed E-state index contributed by atoms with van der Waals surface area (Å²) in [4.78, 5) is 23.5. The maximum absolute atomic E-state index is 13.5. The first-order chi connectivity index (χ1) is 10.1. The Morgan fingerprint density at radius 3 is 2.29 bits per heavy atom. The third-order valence-corrected chi connectivity index (χ3v) is 3.03. The van der Waals surface area contributed by atoms with E-state index in [1.54, 1.807) is 42.5 Å². The molecule has 3 N–H and O–H groups in total. The first-order valence-electron chi connectivity index (χ1n) is 6.45. The van der Waals surface area contributed by atoms with E-state index in [1.165, 1.54) is 12.1 Å². The molecular formula is C16H15FN2O2. The van der Waals surface area contributed by atoms with E-state index in [0.717, 1.165) is 0 Å². The molecule has 5 heteroatoms. The summed E-state index contributed by atoms with van der Waals surface area (Å²) in [5.41, 5.74) is 6.17. The maximum Gasteiger partial charge on any atom is 0.244 e. The van der Waals surface area contributed by atoms with Gasteiger partial charge in [0.1, 0.15) is 11.9 Å². The molecule has 0 aliphatic rings. The van der Waals surface area contributed by atoms with Crippen LogP contribution in [0.3, 0.4) is 0 Å². The van der Waals surface area contributed by atoms with Gasteiger partial charge in [-0.1, -0.05) is 48.5 Å². The lowest BCUT2D eigenvalue weighted by molar-refractivity contribution is -0.127. The normalized spacial score (nSPS) is 11.7. The summed E-state index contributed by atoms with van der Waals surface area (Å²) >= 11 is 0. The van der Waals surface area contributed by atoms with E-state index >= 15 is 0 Å². The van der Waals surface area contributed by atoms with Crippen LogP contribution in [0.2, 0.25) is 0 Å². The van der Waals surface area contributed by atoms with Crippen molar-refractivity contribution in [1.82, 2.24) is 5.32 Å². The number of nitrogens with two attached hydrogens (primary N) is 1. The van der Waals surface area contributed by atoms with Gasteiger partial charge in [0, 0.05) is 0 Å². The van der Waals surface area contributed by atoms with Gasteiger partial charge in [0.15, 0.2) is 0 Å².